The molecule has 1 aromatic carbocycles. The van der Waals surface area contributed by atoms with E-state index in [0.29, 0.717) is 24.5 Å². The Kier molecular flexibility index (Phi) is 3.82. The van der Waals surface area contributed by atoms with Crippen LogP contribution in [0.2, 0.25) is 0 Å². The van der Waals surface area contributed by atoms with Gasteiger partial charge in [-0.05, 0) is 43.3 Å². The molecule has 1 unspecified atom stereocenters. The second-order valence-corrected chi connectivity index (χ2v) is 5.02. The Labute approximate surface area is 128 Å². The van der Waals surface area contributed by atoms with E-state index >= 15 is 0 Å². The lowest BCUT2D eigenvalue weighted by Gasteiger charge is -2.24. The fourth-order valence-corrected chi connectivity index (χ4v) is 2.43. The molecular weight excluding hydrogens is 282 g/mol. The molecule has 1 aromatic heterocycles. The number of carbonyl (C=O) groups is 2. The van der Waals surface area contributed by atoms with Gasteiger partial charge in [-0.15, -0.1) is 0 Å². The highest BCUT2D eigenvalue weighted by molar-refractivity contribution is 6.01. The number of hydrogen-bond acceptors (Lipinski definition) is 3. The number of anilines is 1. The molecule has 114 valence electrons. The van der Waals surface area contributed by atoms with Gasteiger partial charge in [-0.2, -0.15) is 0 Å². The first-order valence-corrected chi connectivity index (χ1v) is 7.17. The normalized spacial score (nSPS) is 16.6. The van der Waals surface area contributed by atoms with Crippen molar-refractivity contribution in [3.63, 3.8) is 0 Å². The highest BCUT2D eigenvalue weighted by Crippen LogP contribution is 2.17. The lowest BCUT2D eigenvalue weighted by atomic mass is 10.2. The molecule has 2 N–H and O–H groups in total. The van der Waals surface area contributed by atoms with E-state index in [4.69, 9.17) is 4.74 Å². The molecule has 6 heteroatoms. The fourth-order valence-electron chi connectivity index (χ4n) is 2.43. The molecule has 0 spiro atoms. The topological polar surface area (TPSA) is 72.4 Å². The number of nitrogens with zero attached hydrogens (tertiary/aromatic N) is 1. The van der Waals surface area contributed by atoms with Gasteiger partial charge >= 0.3 is 0 Å². The Bertz CT molecular complexity index is 691. The summed E-state index contributed by atoms with van der Waals surface area (Å²) in [5.41, 5.74) is 1.24. The molecule has 2 aromatic rings. The van der Waals surface area contributed by atoms with Crippen molar-refractivity contribution in [1.29, 1.82) is 0 Å². The molecular formula is C16H17N3O3. The number of amides is 2. The highest BCUT2D eigenvalue weighted by atomic mass is 16.5. The molecule has 1 atom stereocenters. The van der Waals surface area contributed by atoms with Crippen molar-refractivity contribution in [1.82, 2.24) is 9.88 Å². The van der Waals surface area contributed by atoms with E-state index < -0.39 is 6.04 Å². The number of benzene rings is 1. The van der Waals surface area contributed by atoms with Crippen molar-refractivity contribution in [2.45, 2.75) is 19.5 Å². The van der Waals surface area contributed by atoms with Crippen molar-refractivity contribution >= 4 is 17.5 Å². The van der Waals surface area contributed by atoms with E-state index in [-0.39, 0.29) is 11.8 Å². The molecule has 2 heterocycles. The predicted molar refractivity (Wildman–Crippen MR) is 81.9 cm³/mol. The number of fused-ring (bicyclic) bond motifs is 1. The van der Waals surface area contributed by atoms with E-state index in [1.54, 1.807) is 47.2 Å². The zero-order chi connectivity index (χ0) is 15.5. The summed E-state index contributed by atoms with van der Waals surface area (Å²) in [5, 5.41) is 5.52. The van der Waals surface area contributed by atoms with Crippen LogP contribution >= 0.6 is 0 Å². The van der Waals surface area contributed by atoms with Crippen LogP contribution in [-0.2, 0) is 11.3 Å². The van der Waals surface area contributed by atoms with Gasteiger partial charge in [0.15, 0.2) is 0 Å². The molecule has 0 bridgehead atoms. The van der Waals surface area contributed by atoms with Crippen molar-refractivity contribution in [2.24, 2.45) is 0 Å². The summed E-state index contributed by atoms with van der Waals surface area (Å²) in [4.78, 5) is 24.2. The average Bonchev–Trinajstić information content (AvgIpc) is 2.98. The number of rotatable bonds is 4. The largest absolute Gasteiger partial charge is 0.494 e. The van der Waals surface area contributed by atoms with Crippen molar-refractivity contribution in [3.8, 4) is 5.75 Å². The van der Waals surface area contributed by atoms with Crippen LogP contribution in [0, 0.1) is 0 Å². The highest BCUT2D eigenvalue weighted by Gasteiger charge is 2.28. The smallest absolute Gasteiger partial charge is 0.268 e. The monoisotopic (exact) mass is 299 g/mol. The fraction of sp³-hybridized carbons (Fsp3) is 0.250. The van der Waals surface area contributed by atoms with Gasteiger partial charge in [0, 0.05) is 11.9 Å². The first-order valence-electron chi connectivity index (χ1n) is 7.17. The number of hydrogen-bond donors (Lipinski definition) is 2. The molecule has 2 amide bonds. The molecule has 1 aliphatic heterocycles. The van der Waals surface area contributed by atoms with Crippen molar-refractivity contribution < 1.29 is 14.3 Å². The Morgan fingerprint density at radius 3 is 2.86 bits per heavy atom. The molecule has 0 saturated heterocycles. The molecule has 0 aliphatic carbocycles. The summed E-state index contributed by atoms with van der Waals surface area (Å²) in [5.74, 6) is 0.281. The Balaban J connectivity index is 1.66. The van der Waals surface area contributed by atoms with Gasteiger partial charge in [0.05, 0.1) is 13.2 Å². The van der Waals surface area contributed by atoms with E-state index in [0.717, 1.165) is 5.75 Å². The lowest BCUT2D eigenvalue weighted by Crippen LogP contribution is -2.50. The van der Waals surface area contributed by atoms with Crippen LogP contribution in [0.3, 0.4) is 0 Å². The minimum Gasteiger partial charge on any atom is -0.494 e. The van der Waals surface area contributed by atoms with E-state index in [1.807, 2.05) is 6.92 Å². The number of carbonyl (C=O) groups excluding carboxylic acids is 2. The summed E-state index contributed by atoms with van der Waals surface area (Å²) in [6.45, 7) is 2.94. The van der Waals surface area contributed by atoms with E-state index in [2.05, 4.69) is 10.6 Å². The molecule has 0 fully saturated rings. The molecule has 22 heavy (non-hydrogen) atoms. The summed E-state index contributed by atoms with van der Waals surface area (Å²) in [6.07, 6.45) is 1.80. The number of ether oxygens (including phenoxy) is 1. The lowest BCUT2D eigenvalue weighted by molar-refractivity contribution is -0.118. The quantitative estimate of drug-likeness (QED) is 0.901. The zero-order valence-electron chi connectivity index (χ0n) is 12.2. The maximum Gasteiger partial charge on any atom is 0.268 e. The maximum absolute atomic E-state index is 12.3. The first kappa shape index (κ1) is 14.2. The minimum atomic E-state index is -0.584. The Hall–Kier alpha value is -2.76. The molecule has 3 rings (SSSR count). The van der Waals surface area contributed by atoms with Crippen LogP contribution in [-0.4, -0.2) is 29.0 Å². The van der Waals surface area contributed by atoms with Crippen LogP contribution in [0.25, 0.3) is 0 Å². The minimum absolute atomic E-state index is 0.233. The van der Waals surface area contributed by atoms with Crippen molar-refractivity contribution in [3.05, 3.63) is 48.3 Å². The third kappa shape index (κ3) is 2.81. The van der Waals surface area contributed by atoms with Crippen molar-refractivity contribution in [2.75, 3.05) is 11.9 Å². The Morgan fingerprint density at radius 2 is 2.14 bits per heavy atom. The molecule has 6 nitrogen and oxygen atoms in total. The van der Waals surface area contributed by atoms with Gasteiger partial charge in [0.2, 0.25) is 5.91 Å². The van der Waals surface area contributed by atoms with Gasteiger partial charge in [0.1, 0.15) is 17.5 Å². The van der Waals surface area contributed by atoms with Crippen LogP contribution in [0.4, 0.5) is 5.69 Å². The summed E-state index contributed by atoms with van der Waals surface area (Å²) in [6, 6.07) is 10.1. The molecule has 0 saturated carbocycles. The number of nitrogens with one attached hydrogen (secondary N) is 2. The zero-order valence-corrected chi connectivity index (χ0v) is 12.2. The van der Waals surface area contributed by atoms with Crippen LogP contribution in [0.1, 0.15) is 17.4 Å². The standard InChI is InChI=1S/C16H17N3O3/c1-2-22-12-7-5-11(6-8-12)17-15(20)13-10-19-9-3-4-14(19)16(21)18-13/h3-9,13H,2,10H2,1H3,(H,17,20)(H,18,21). The first-order chi connectivity index (χ1) is 10.7. The SMILES string of the molecule is CCOc1ccc(NC(=O)C2Cn3cccc3C(=O)N2)cc1. The number of aromatic nitrogens is 1. The summed E-state index contributed by atoms with van der Waals surface area (Å²) >= 11 is 0. The Morgan fingerprint density at radius 1 is 1.36 bits per heavy atom. The second-order valence-electron chi connectivity index (χ2n) is 5.02. The van der Waals surface area contributed by atoms with Crippen LogP contribution in [0.5, 0.6) is 5.75 Å². The van der Waals surface area contributed by atoms with Crippen LogP contribution < -0.4 is 15.4 Å². The predicted octanol–water partition coefficient (Wildman–Crippen LogP) is 1.64. The maximum atomic E-state index is 12.3. The van der Waals surface area contributed by atoms with Gasteiger partial charge in [-0.25, -0.2) is 0 Å². The summed E-state index contributed by atoms with van der Waals surface area (Å²) in [7, 11) is 0. The van der Waals surface area contributed by atoms with E-state index in [9.17, 15) is 9.59 Å². The molecule has 0 radical (unpaired) electrons. The third-order valence-corrected chi connectivity index (χ3v) is 3.50. The van der Waals surface area contributed by atoms with E-state index in [1.165, 1.54) is 0 Å². The third-order valence-electron chi connectivity index (χ3n) is 3.50. The van der Waals surface area contributed by atoms with Gasteiger partial charge in [-0.1, -0.05) is 0 Å². The molecule has 1 aliphatic rings. The second kappa shape index (κ2) is 5.93. The van der Waals surface area contributed by atoms with Gasteiger partial charge in [0.25, 0.3) is 5.91 Å². The summed E-state index contributed by atoms with van der Waals surface area (Å²) < 4.78 is 7.13. The average molecular weight is 299 g/mol. The van der Waals surface area contributed by atoms with Crippen LogP contribution in [0.15, 0.2) is 42.6 Å². The van der Waals surface area contributed by atoms with Gasteiger partial charge in [-0.3, -0.25) is 9.59 Å². The van der Waals surface area contributed by atoms with Gasteiger partial charge < -0.3 is 19.9 Å².